The standard InChI is InChI=1S/C21H20N4O6S/c1-30-17-9-14(7-8-16(17)31-11-18(26)27)23-19(28)15-12-32-21(24-15)25-20(29)22-10-13-5-3-2-4-6-13/h2-9,12H,10-11H2,1H3,(H,23,28)(H,26,27)(H2,22,24,25,29)/p-1. The van der Waals surface area contributed by atoms with E-state index >= 15 is 0 Å². The molecule has 1 aromatic heterocycles. The van der Waals surface area contributed by atoms with E-state index in [1.54, 1.807) is 0 Å². The van der Waals surface area contributed by atoms with Gasteiger partial charge >= 0.3 is 6.03 Å². The van der Waals surface area contributed by atoms with Gasteiger partial charge in [-0.05, 0) is 17.7 Å². The predicted octanol–water partition coefficient (Wildman–Crippen LogP) is 1.85. The van der Waals surface area contributed by atoms with E-state index in [1.807, 2.05) is 30.3 Å². The maximum Gasteiger partial charge on any atom is 0.321 e. The van der Waals surface area contributed by atoms with Gasteiger partial charge in [0.15, 0.2) is 16.6 Å². The fourth-order valence-corrected chi connectivity index (χ4v) is 3.24. The molecule has 0 aliphatic heterocycles. The number of ether oxygens (including phenoxy) is 2. The molecular formula is C21H19N4O6S-. The minimum atomic E-state index is -1.37. The van der Waals surface area contributed by atoms with Gasteiger partial charge in [-0.3, -0.25) is 10.1 Å². The van der Waals surface area contributed by atoms with E-state index < -0.39 is 24.5 Å². The van der Waals surface area contributed by atoms with Crippen LogP contribution in [0.3, 0.4) is 0 Å². The molecule has 3 rings (SSSR count). The Balaban J connectivity index is 1.56. The number of aliphatic carboxylic acids is 1. The highest BCUT2D eigenvalue weighted by atomic mass is 32.1. The van der Waals surface area contributed by atoms with Crippen molar-refractivity contribution in [1.82, 2.24) is 10.3 Å². The molecule has 1 heterocycles. The van der Waals surface area contributed by atoms with Crippen molar-refractivity contribution in [3.05, 3.63) is 65.2 Å². The number of thiazole rings is 1. The fourth-order valence-electron chi connectivity index (χ4n) is 2.55. The van der Waals surface area contributed by atoms with Gasteiger partial charge < -0.3 is 30.0 Å². The molecule has 0 saturated heterocycles. The summed E-state index contributed by atoms with van der Waals surface area (Å²) in [4.78, 5) is 39.2. The molecule has 0 unspecified atom stereocenters. The molecule has 32 heavy (non-hydrogen) atoms. The topological polar surface area (TPSA) is 142 Å². The van der Waals surface area contributed by atoms with Crippen molar-refractivity contribution in [2.75, 3.05) is 24.4 Å². The van der Waals surface area contributed by atoms with Crippen molar-refractivity contribution < 1.29 is 29.0 Å². The number of nitrogens with one attached hydrogen (secondary N) is 3. The average molecular weight is 455 g/mol. The largest absolute Gasteiger partial charge is 0.546 e. The lowest BCUT2D eigenvalue weighted by molar-refractivity contribution is -0.307. The van der Waals surface area contributed by atoms with Crippen molar-refractivity contribution in [2.24, 2.45) is 0 Å². The number of aromatic nitrogens is 1. The third-order valence-corrected chi connectivity index (χ3v) is 4.78. The number of benzene rings is 2. The molecule has 0 atom stereocenters. The van der Waals surface area contributed by atoms with Crippen molar-refractivity contribution in [1.29, 1.82) is 0 Å². The SMILES string of the molecule is COc1cc(NC(=O)c2csc(NC(=O)NCc3ccccc3)n2)ccc1OCC(=O)[O-]. The van der Waals surface area contributed by atoms with Gasteiger partial charge in [-0.15, -0.1) is 11.3 Å². The molecule has 11 heteroatoms. The summed E-state index contributed by atoms with van der Waals surface area (Å²) >= 11 is 1.11. The number of carboxylic acid groups (broad SMARTS) is 1. The molecule has 0 spiro atoms. The zero-order chi connectivity index (χ0) is 22.9. The lowest BCUT2D eigenvalue weighted by Gasteiger charge is -2.12. The van der Waals surface area contributed by atoms with Crippen LogP contribution in [0.5, 0.6) is 11.5 Å². The molecule has 3 N–H and O–H groups in total. The van der Waals surface area contributed by atoms with E-state index in [9.17, 15) is 19.5 Å². The van der Waals surface area contributed by atoms with Gasteiger partial charge in [0, 0.05) is 23.7 Å². The van der Waals surface area contributed by atoms with Gasteiger partial charge in [-0.2, -0.15) is 0 Å². The van der Waals surface area contributed by atoms with E-state index in [0.717, 1.165) is 16.9 Å². The van der Waals surface area contributed by atoms with Crippen LogP contribution in [-0.4, -0.2) is 36.6 Å². The number of nitrogens with zero attached hydrogens (tertiary/aromatic N) is 1. The van der Waals surface area contributed by atoms with E-state index in [4.69, 9.17) is 9.47 Å². The highest BCUT2D eigenvalue weighted by molar-refractivity contribution is 7.14. The zero-order valence-electron chi connectivity index (χ0n) is 16.9. The second-order valence-electron chi connectivity index (χ2n) is 6.31. The number of carbonyl (C=O) groups is 3. The van der Waals surface area contributed by atoms with Gasteiger partial charge in [0.2, 0.25) is 0 Å². The minimum absolute atomic E-state index is 0.115. The number of methoxy groups -OCH3 is 1. The number of carbonyl (C=O) groups excluding carboxylic acids is 3. The lowest BCUT2D eigenvalue weighted by Crippen LogP contribution is -2.29. The van der Waals surface area contributed by atoms with Gasteiger partial charge in [-0.1, -0.05) is 30.3 Å². The van der Waals surface area contributed by atoms with Crippen molar-refractivity contribution in [3.8, 4) is 11.5 Å². The Kier molecular flexibility index (Phi) is 7.60. The molecule has 0 radical (unpaired) electrons. The van der Waals surface area contributed by atoms with Crippen LogP contribution in [0.25, 0.3) is 0 Å². The molecule has 0 aliphatic rings. The minimum Gasteiger partial charge on any atom is -0.546 e. The second-order valence-corrected chi connectivity index (χ2v) is 7.17. The van der Waals surface area contributed by atoms with Crippen LogP contribution >= 0.6 is 11.3 Å². The summed E-state index contributed by atoms with van der Waals surface area (Å²) in [5, 5.41) is 20.3. The van der Waals surface area contributed by atoms with Crippen LogP contribution in [0.2, 0.25) is 0 Å². The number of rotatable bonds is 9. The van der Waals surface area contributed by atoms with Crippen LogP contribution in [0, 0.1) is 0 Å². The number of amides is 3. The Morgan fingerprint density at radius 3 is 2.56 bits per heavy atom. The average Bonchev–Trinajstić information content (AvgIpc) is 3.26. The first-order valence-corrected chi connectivity index (χ1v) is 10.2. The quantitative estimate of drug-likeness (QED) is 0.447. The summed E-state index contributed by atoms with van der Waals surface area (Å²) in [6.07, 6.45) is 0. The highest BCUT2D eigenvalue weighted by Crippen LogP contribution is 2.30. The Hall–Kier alpha value is -4.12. The summed E-state index contributed by atoms with van der Waals surface area (Å²) in [5.41, 5.74) is 1.45. The summed E-state index contributed by atoms with van der Waals surface area (Å²) in [5.74, 6) is -1.44. The Morgan fingerprint density at radius 1 is 1.06 bits per heavy atom. The van der Waals surface area contributed by atoms with Gasteiger partial charge in [0.1, 0.15) is 12.3 Å². The lowest BCUT2D eigenvalue weighted by atomic mass is 10.2. The molecule has 0 fully saturated rings. The molecule has 0 aliphatic carbocycles. The molecular weight excluding hydrogens is 436 g/mol. The number of urea groups is 1. The molecule has 166 valence electrons. The van der Waals surface area contributed by atoms with E-state index in [0.29, 0.717) is 12.2 Å². The number of anilines is 2. The number of hydrogen-bond donors (Lipinski definition) is 3. The summed E-state index contributed by atoms with van der Waals surface area (Å²) in [7, 11) is 1.38. The normalized spacial score (nSPS) is 10.2. The fraction of sp³-hybridized carbons (Fsp3) is 0.143. The summed E-state index contributed by atoms with van der Waals surface area (Å²) in [6.45, 7) is -0.272. The van der Waals surface area contributed by atoms with E-state index in [1.165, 1.54) is 30.7 Å². The highest BCUT2D eigenvalue weighted by Gasteiger charge is 2.14. The second kappa shape index (κ2) is 10.8. The van der Waals surface area contributed by atoms with Gasteiger partial charge in [0.05, 0.1) is 13.1 Å². The van der Waals surface area contributed by atoms with Crippen molar-refractivity contribution >= 4 is 40.1 Å². The van der Waals surface area contributed by atoms with Crippen LogP contribution in [-0.2, 0) is 11.3 Å². The Morgan fingerprint density at radius 2 is 1.84 bits per heavy atom. The number of hydrogen-bond acceptors (Lipinski definition) is 8. The monoisotopic (exact) mass is 455 g/mol. The first kappa shape index (κ1) is 22.6. The van der Waals surface area contributed by atoms with Crippen LogP contribution < -0.4 is 30.5 Å². The molecule has 3 amide bonds. The molecule has 0 saturated carbocycles. The molecule has 0 bridgehead atoms. The van der Waals surface area contributed by atoms with Crippen LogP contribution in [0.4, 0.5) is 15.6 Å². The third-order valence-electron chi connectivity index (χ3n) is 4.02. The van der Waals surface area contributed by atoms with Crippen LogP contribution in [0.1, 0.15) is 16.1 Å². The molecule has 3 aromatic rings. The third kappa shape index (κ3) is 6.44. The molecule has 2 aromatic carbocycles. The van der Waals surface area contributed by atoms with Crippen molar-refractivity contribution in [2.45, 2.75) is 6.54 Å². The predicted molar refractivity (Wildman–Crippen MR) is 116 cm³/mol. The Bertz CT molecular complexity index is 1100. The summed E-state index contributed by atoms with van der Waals surface area (Å²) < 4.78 is 10.2. The maximum atomic E-state index is 12.5. The van der Waals surface area contributed by atoms with Crippen LogP contribution in [0.15, 0.2) is 53.9 Å². The van der Waals surface area contributed by atoms with E-state index in [2.05, 4.69) is 20.9 Å². The zero-order valence-corrected chi connectivity index (χ0v) is 17.7. The maximum absolute atomic E-state index is 12.5. The van der Waals surface area contributed by atoms with Gasteiger partial charge in [0.25, 0.3) is 5.91 Å². The Labute approximate surface area is 187 Å². The number of carboxylic acids is 1. The first-order valence-electron chi connectivity index (χ1n) is 9.31. The van der Waals surface area contributed by atoms with E-state index in [-0.39, 0.29) is 22.3 Å². The first-order chi connectivity index (χ1) is 15.4. The molecule has 10 nitrogen and oxygen atoms in total. The smallest absolute Gasteiger partial charge is 0.321 e. The van der Waals surface area contributed by atoms with Crippen molar-refractivity contribution in [3.63, 3.8) is 0 Å². The van der Waals surface area contributed by atoms with Gasteiger partial charge in [-0.25, -0.2) is 9.78 Å². The summed E-state index contributed by atoms with van der Waals surface area (Å²) in [6, 6.07) is 13.5.